The van der Waals surface area contributed by atoms with E-state index < -0.39 is 0 Å². The van der Waals surface area contributed by atoms with Crippen molar-refractivity contribution < 1.29 is 0 Å². The number of hydrogen-bond donors (Lipinski definition) is 0. The Morgan fingerprint density at radius 2 is 1.52 bits per heavy atom. The third-order valence-corrected chi connectivity index (χ3v) is 8.94. The molecule has 1 atom stereocenters. The molecule has 1 aromatic heterocycles. The lowest BCUT2D eigenvalue weighted by Crippen LogP contribution is -2.14. The molecule has 0 saturated heterocycles. The van der Waals surface area contributed by atoms with E-state index in [-0.39, 0.29) is 10.1 Å². The molecule has 0 saturated carbocycles. The summed E-state index contributed by atoms with van der Waals surface area (Å²) in [6.07, 6.45) is 0. The number of thiazole rings is 1. The number of rotatable bonds is 3. The summed E-state index contributed by atoms with van der Waals surface area (Å²) < 4.78 is 2.82. The summed E-state index contributed by atoms with van der Waals surface area (Å²) in [5.74, 6) is 0. The number of thioether (sulfide) groups is 2. The maximum absolute atomic E-state index is 13.2. The Balaban J connectivity index is 1.70. The van der Waals surface area contributed by atoms with Gasteiger partial charge in [-0.25, -0.2) is 4.99 Å². The second-order valence-corrected chi connectivity index (χ2v) is 10.7. The number of aliphatic imine (C=N–C) groups is 1. The first kappa shape index (κ1) is 20.4. The molecule has 4 aromatic rings. The molecule has 0 aliphatic carbocycles. The molecule has 154 valence electrons. The first-order valence-electron chi connectivity index (χ1n) is 9.97. The largest absolute Gasteiger partial charge is 0.312 e. The Morgan fingerprint density at radius 1 is 0.839 bits per heavy atom. The van der Waals surface area contributed by atoms with Gasteiger partial charge in [0, 0.05) is 0 Å². The fraction of sp³-hybridized carbons (Fsp3) is 0.120. The van der Waals surface area contributed by atoms with E-state index in [0.717, 1.165) is 36.8 Å². The standard InChI is InChI=1S/C25H20N2OS3/c1-16-10-6-8-14-19(16)26-24-29-21(18-12-4-3-5-13-18)22-23(31-24)27(25(28)30-22)20-15-9-7-11-17(20)2/h3-15,21H,1-2H3. The number of benzene rings is 3. The van der Waals surface area contributed by atoms with E-state index in [4.69, 9.17) is 4.99 Å². The lowest BCUT2D eigenvalue weighted by molar-refractivity contribution is 0.890. The van der Waals surface area contributed by atoms with Gasteiger partial charge in [-0.15, -0.1) is 0 Å². The lowest BCUT2D eigenvalue weighted by Gasteiger charge is -2.24. The third kappa shape index (κ3) is 3.91. The van der Waals surface area contributed by atoms with Gasteiger partial charge in [0.15, 0.2) is 0 Å². The predicted molar refractivity (Wildman–Crippen MR) is 135 cm³/mol. The molecule has 1 aliphatic heterocycles. The fourth-order valence-corrected chi connectivity index (χ4v) is 7.55. The highest BCUT2D eigenvalue weighted by atomic mass is 32.2. The fourth-order valence-electron chi connectivity index (χ4n) is 3.60. The predicted octanol–water partition coefficient (Wildman–Crippen LogP) is 7.13. The Morgan fingerprint density at radius 3 is 2.26 bits per heavy atom. The zero-order valence-electron chi connectivity index (χ0n) is 17.1. The van der Waals surface area contributed by atoms with E-state index in [9.17, 15) is 4.79 Å². The van der Waals surface area contributed by atoms with Crippen molar-refractivity contribution in [3.63, 3.8) is 0 Å². The Bertz CT molecular complexity index is 1340. The van der Waals surface area contributed by atoms with Gasteiger partial charge in [0.2, 0.25) is 0 Å². The van der Waals surface area contributed by atoms with E-state index in [0.29, 0.717) is 0 Å². The van der Waals surface area contributed by atoms with Gasteiger partial charge < -0.3 is 0 Å². The SMILES string of the molecule is Cc1ccccc1N=C1Sc2c(sc(=O)n2-c2ccccc2C)C(c2ccccc2)S1. The highest BCUT2D eigenvalue weighted by Gasteiger charge is 2.33. The van der Waals surface area contributed by atoms with Gasteiger partial charge in [0.05, 0.1) is 21.5 Å². The smallest absolute Gasteiger partial charge is 0.261 e. The molecule has 31 heavy (non-hydrogen) atoms. The number of nitrogens with zero attached hydrogens (tertiary/aromatic N) is 2. The molecule has 6 heteroatoms. The molecule has 3 nitrogen and oxygen atoms in total. The zero-order chi connectivity index (χ0) is 21.4. The van der Waals surface area contributed by atoms with Gasteiger partial charge in [-0.2, -0.15) is 0 Å². The molecule has 0 radical (unpaired) electrons. The van der Waals surface area contributed by atoms with Gasteiger partial charge in [-0.3, -0.25) is 9.36 Å². The van der Waals surface area contributed by atoms with Crippen molar-refractivity contribution in [2.24, 2.45) is 4.99 Å². The molecule has 1 unspecified atom stereocenters. The minimum absolute atomic E-state index is 0.0446. The Kier molecular flexibility index (Phi) is 5.61. The van der Waals surface area contributed by atoms with Gasteiger partial charge in [-0.1, -0.05) is 89.8 Å². The van der Waals surface area contributed by atoms with Gasteiger partial charge in [0.25, 0.3) is 0 Å². The van der Waals surface area contributed by atoms with Crippen molar-refractivity contribution in [2.45, 2.75) is 24.1 Å². The van der Waals surface area contributed by atoms with Crippen LogP contribution in [0.5, 0.6) is 0 Å². The molecule has 5 rings (SSSR count). The van der Waals surface area contributed by atoms with Crippen LogP contribution < -0.4 is 4.87 Å². The first-order valence-corrected chi connectivity index (χ1v) is 12.5. The molecule has 2 heterocycles. The highest BCUT2D eigenvalue weighted by molar-refractivity contribution is 8.39. The number of hydrogen-bond acceptors (Lipinski definition) is 5. The quantitative estimate of drug-likeness (QED) is 0.326. The van der Waals surface area contributed by atoms with Crippen LogP contribution in [0.3, 0.4) is 0 Å². The minimum atomic E-state index is 0.0446. The van der Waals surface area contributed by atoms with Crippen LogP contribution in [0.4, 0.5) is 5.69 Å². The Labute approximate surface area is 193 Å². The topological polar surface area (TPSA) is 34.4 Å². The van der Waals surface area contributed by atoms with E-state index in [1.807, 2.05) is 60.0 Å². The van der Waals surface area contributed by atoms with E-state index in [1.165, 1.54) is 16.9 Å². The molecule has 3 aromatic carbocycles. The van der Waals surface area contributed by atoms with Gasteiger partial charge in [0.1, 0.15) is 9.40 Å². The van der Waals surface area contributed by atoms with Crippen LogP contribution >= 0.6 is 34.9 Å². The van der Waals surface area contributed by atoms with Gasteiger partial charge >= 0.3 is 4.87 Å². The monoisotopic (exact) mass is 460 g/mol. The highest BCUT2D eigenvalue weighted by Crippen LogP contribution is 2.51. The zero-order valence-corrected chi connectivity index (χ0v) is 19.6. The van der Waals surface area contributed by atoms with Crippen LogP contribution in [0.15, 0.2) is 93.7 Å². The maximum atomic E-state index is 13.2. The molecule has 0 bridgehead atoms. The third-order valence-electron chi connectivity index (χ3n) is 5.22. The molecule has 0 N–H and O–H groups in total. The lowest BCUT2D eigenvalue weighted by atomic mass is 10.1. The summed E-state index contributed by atoms with van der Waals surface area (Å²) >= 11 is 4.67. The molecule has 0 amide bonds. The van der Waals surface area contributed by atoms with Crippen molar-refractivity contribution in [3.05, 3.63) is 110 Å². The van der Waals surface area contributed by atoms with Crippen LogP contribution in [-0.4, -0.2) is 8.94 Å². The summed E-state index contributed by atoms with van der Waals surface area (Å²) in [7, 11) is 0. The maximum Gasteiger partial charge on any atom is 0.312 e. The molecular formula is C25H20N2OS3. The summed E-state index contributed by atoms with van der Waals surface area (Å²) in [4.78, 5) is 19.3. The first-order chi connectivity index (χ1) is 15.1. The summed E-state index contributed by atoms with van der Waals surface area (Å²) in [5, 5.41) is 1.02. The molecule has 1 aliphatic rings. The normalized spacial score (nSPS) is 17.0. The molecule has 0 spiro atoms. The van der Waals surface area contributed by atoms with E-state index in [1.54, 1.807) is 23.5 Å². The van der Waals surface area contributed by atoms with Crippen molar-refractivity contribution in [3.8, 4) is 5.69 Å². The van der Waals surface area contributed by atoms with Crippen molar-refractivity contribution in [1.29, 1.82) is 0 Å². The average Bonchev–Trinajstić information content (AvgIpc) is 3.11. The Hall–Kier alpha value is -2.54. The summed E-state index contributed by atoms with van der Waals surface area (Å²) in [6.45, 7) is 4.12. The van der Waals surface area contributed by atoms with Crippen LogP contribution in [0.25, 0.3) is 5.69 Å². The second-order valence-electron chi connectivity index (χ2n) is 7.33. The van der Waals surface area contributed by atoms with Crippen molar-refractivity contribution in [2.75, 3.05) is 0 Å². The van der Waals surface area contributed by atoms with Crippen LogP contribution in [0.2, 0.25) is 0 Å². The van der Waals surface area contributed by atoms with Crippen LogP contribution in [-0.2, 0) is 0 Å². The molecular weight excluding hydrogens is 440 g/mol. The number of para-hydroxylation sites is 2. The minimum Gasteiger partial charge on any atom is -0.261 e. The molecule has 0 fully saturated rings. The summed E-state index contributed by atoms with van der Waals surface area (Å²) in [5.41, 5.74) is 5.31. The van der Waals surface area contributed by atoms with E-state index in [2.05, 4.69) is 37.3 Å². The number of aromatic nitrogens is 1. The van der Waals surface area contributed by atoms with Crippen LogP contribution in [0.1, 0.15) is 26.8 Å². The van der Waals surface area contributed by atoms with Crippen molar-refractivity contribution >= 4 is 44.9 Å². The van der Waals surface area contributed by atoms with Crippen molar-refractivity contribution in [1.82, 2.24) is 4.57 Å². The number of aryl methyl sites for hydroxylation is 2. The van der Waals surface area contributed by atoms with Gasteiger partial charge in [-0.05, 0) is 54.4 Å². The number of fused-ring (bicyclic) bond motifs is 1. The second kappa shape index (κ2) is 8.54. The average molecular weight is 461 g/mol. The summed E-state index contributed by atoms with van der Waals surface area (Å²) in [6, 6.07) is 26.6. The van der Waals surface area contributed by atoms with E-state index >= 15 is 0 Å². The van der Waals surface area contributed by atoms with Crippen LogP contribution in [0, 0.1) is 13.8 Å².